The second-order valence-electron chi connectivity index (χ2n) is 14.3. The van der Waals surface area contributed by atoms with Gasteiger partial charge in [-0.05, 0) is 89.9 Å². The van der Waals surface area contributed by atoms with E-state index in [0.717, 1.165) is 70.6 Å². The van der Waals surface area contributed by atoms with Crippen LogP contribution in [0.5, 0.6) is 0 Å². The molecule has 0 heterocycles. The summed E-state index contributed by atoms with van der Waals surface area (Å²) in [6.07, 6.45) is 52.4. The number of carbonyl (C=O) groups is 2. The fourth-order valence-corrected chi connectivity index (χ4v) is 6.12. The summed E-state index contributed by atoms with van der Waals surface area (Å²) in [6, 6.07) is 0. The highest BCUT2D eigenvalue weighted by molar-refractivity contribution is 7.47. The quantitative estimate of drug-likeness (QED) is 0.0235. The summed E-state index contributed by atoms with van der Waals surface area (Å²) in [4.78, 5) is 35.0. The van der Waals surface area contributed by atoms with E-state index >= 15 is 0 Å². The zero-order chi connectivity index (χ0) is 43.3. The molecule has 0 amide bonds. The number of aliphatic hydroxyl groups is 2. The van der Waals surface area contributed by atoms with Gasteiger partial charge in [-0.3, -0.25) is 18.6 Å². The summed E-state index contributed by atoms with van der Waals surface area (Å²) >= 11 is 0. The van der Waals surface area contributed by atoms with Gasteiger partial charge in [-0.25, -0.2) is 4.57 Å². The minimum atomic E-state index is -4.65. The van der Waals surface area contributed by atoms with Gasteiger partial charge in [0.15, 0.2) is 6.10 Å². The lowest BCUT2D eigenvalue weighted by Gasteiger charge is -2.20. The smallest absolute Gasteiger partial charge is 0.462 e. The van der Waals surface area contributed by atoms with Crippen LogP contribution >= 0.6 is 7.82 Å². The largest absolute Gasteiger partial charge is 0.472 e. The van der Waals surface area contributed by atoms with Crippen LogP contribution in [-0.4, -0.2) is 65.7 Å². The summed E-state index contributed by atoms with van der Waals surface area (Å²) in [5.41, 5.74) is 0. The summed E-state index contributed by atoms with van der Waals surface area (Å²) in [6.45, 7) is 2.14. The Balaban J connectivity index is 4.46. The van der Waals surface area contributed by atoms with Crippen LogP contribution in [0.4, 0.5) is 0 Å². The highest BCUT2D eigenvalue weighted by Crippen LogP contribution is 2.43. The molecule has 0 aliphatic heterocycles. The third-order valence-electron chi connectivity index (χ3n) is 8.72. The highest BCUT2D eigenvalue weighted by atomic mass is 31.2. The molecular formula is C48H79O10P. The second-order valence-corrected chi connectivity index (χ2v) is 15.8. The lowest BCUT2D eigenvalue weighted by atomic mass is 10.1. The molecule has 3 N–H and O–H groups in total. The van der Waals surface area contributed by atoms with E-state index in [1.165, 1.54) is 38.5 Å². The zero-order valence-electron chi connectivity index (χ0n) is 36.4. The van der Waals surface area contributed by atoms with Gasteiger partial charge in [0.05, 0.1) is 19.8 Å². The van der Waals surface area contributed by atoms with Crippen molar-refractivity contribution in [3.05, 3.63) is 97.2 Å². The van der Waals surface area contributed by atoms with Crippen LogP contribution in [0.25, 0.3) is 0 Å². The monoisotopic (exact) mass is 847 g/mol. The lowest BCUT2D eigenvalue weighted by molar-refractivity contribution is -0.161. The van der Waals surface area contributed by atoms with Gasteiger partial charge in [-0.15, -0.1) is 0 Å². The van der Waals surface area contributed by atoms with Gasteiger partial charge in [0, 0.05) is 12.8 Å². The number of ether oxygens (including phenoxy) is 2. The first-order chi connectivity index (χ1) is 28.7. The number of hydrogen-bond acceptors (Lipinski definition) is 9. The van der Waals surface area contributed by atoms with Crippen molar-refractivity contribution in [2.24, 2.45) is 0 Å². The van der Waals surface area contributed by atoms with E-state index in [1.807, 2.05) is 6.08 Å². The molecule has 1 unspecified atom stereocenters. The first kappa shape index (κ1) is 55.9. The summed E-state index contributed by atoms with van der Waals surface area (Å²) in [5.74, 6) is -1.03. The number of allylic oxidation sites excluding steroid dienone is 16. The van der Waals surface area contributed by atoms with Gasteiger partial charge in [-0.2, -0.15) is 0 Å². The Bertz CT molecular complexity index is 1300. The fraction of sp³-hybridized carbons (Fsp3) is 0.625. The zero-order valence-corrected chi connectivity index (χ0v) is 37.3. The number of esters is 2. The van der Waals surface area contributed by atoms with E-state index in [0.29, 0.717) is 19.3 Å². The minimum Gasteiger partial charge on any atom is -0.462 e. The molecule has 0 rings (SSSR count). The maximum Gasteiger partial charge on any atom is 0.472 e. The maximum absolute atomic E-state index is 12.6. The van der Waals surface area contributed by atoms with Crippen LogP contribution in [0.15, 0.2) is 97.2 Å². The van der Waals surface area contributed by atoms with Crippen LogP contribution in [0.2, 0.25) is 0 Å². The number of phosphoric acid groups is 1. The van der Waals surface area contributed by atoms with Crippen molar-refractivity contribution in [3.8, 4) is 0 Å². The van der Waals surface area contributed by atoms with Gasteiger partial charge in [0.25, 0.3) is 0 Å². The van der Waals surface area contributed by atoms with E-state index in [4.69, 9.17) is 19.1 Å². The molecule has 0 saturated carbocycles. The van der Waals surface area contributed by atoms with E-state index in [1.54, 1.807) is 0 Å². The van der Waals surface area contributed by atoms with E-state index in [2.05, 4.69) is 110 Å². The Kier molecular flexibility index (Phi) is 40.7. The van der Waals surface area contributed by atoms with Gasteiger partial charge in [0.1, 0.15) is 12.7 Å². The van der Waals surface area contributed by atoms with Crippen LogP contribution in [0, 0.1) is 0 Å². The van der Waals surface area contributed by atoms with Gasteiger partial charge >= 0.3 is 19.8 Å². The molecule has 0 aliphatic carbocycles. The van der Waals surface area contributed by atoms with Gasteiger partial charge in [0.2, 0.25) is 0 Å². The molecule has 0 aliphatic rings. The second kappa shape index (κ2) is 43.0. The van der Waals surface area contributed by atoms with Crippen molar-refractivity contribution in [1.29, 1.82) is 0 Å². The molecule has 0 radical (unpaired) electrons. The topological polar surface area (TPSA) is 149 Å². The first-order valence-corrected chi connectivity index (χ1v) is 23.7. The third-order valence-corrected chi connectivity index (χ3v) is 9.67. The number of aliphatic hydroxyl groups excluding tert-OH is 2. The minimum absolute atomic E-state index is 0.129. The fourth-order valence-electron chi connectivity index (χ4n) is 5.33. The normalized spacial score (nSPS) is 14.7. The Labute approximate surface area is 357 Å². The van der Waals surface area contributed by atoms with Crippen molar-refractivity contribution < 1.29 is 47.8 Å². The number of unbranched alkanes of at least 4 members (excludes halogenated alkanes) is 10. The molecule has 10 nitrogen and oxygen atoms in total. The number of hydrogen-bond donors (Lipinski definition) is 3. The molecule has 0 saturated heterocycles. The van der Waals surface area contributed by atoms with Gasteiger partial charge in [-0.1, -0.05) is 150 Å². The maximum atomic E-state index is 12.6. The number of phosphoric ester groups is 1. The Morgan fingerprint density at radius 2 is 0.949 bits per heavy atom. The number of rotatable bonds is 40. The Hall–Kier alpha value is -3.11. The molecule has 0 aromatic heterocycles. The van der Waals surface area contributed by atoms with Crippen LogP contribution in [0.1, 0.15) is 155 Å². The first-order valence-electron chi connectivity index (χ1n) is 22.2. The molecule has 11 heteroatoms. The van der Waals surface area contributed by atoms with Crippen LogP contribution < -0.4 is 0 Å². The van der Waals surface area contributed by atoms with E-state index in [-0.39, 0.29) is 19.4 Å². The molecule has 3 atom stereocenters. The number of carbonyl (C=O) groups excluding carboxylic acids is 2. The van der Waals surface area contributed by atoms with Crippen molar-refractivity contribution in [2.75, 3.05) is 26.4 Å². The molecule has 336 valence electrons. The van der Waals surface area contributed by atoms with Crippen molar-refractivity contribution in [3.63, 3.8) is 0 Å². The van der Waals surface area contributed by atoms with Gasteiger partial charge < -0.3 is 24.6 Å². The van der Waals surface area contributed by atoms with Crippen molar-refractivity contribution in [1.82, 2.24) is 0 Å². The van der Waals surface area contributed by atoms with E-state index < -0.39 is 51.8 Å². The summed E-state index contributed by atoms with van der Waals surface area (Å²) in [5, 5.41) is 18.3. The highest BCUT2D eigenvalue weighted by Gasteiger charge is 2.27. The third kappa shape index (κ3) is 42.8. The van der Waals surface area contributed by atoms with Crippen LogP contribution in [0.3, 0.4) is 0 Å². The molecule has 0 aromatic carbocycles. The summed E-state index contributed by atoms with van der Waals surface area (Å²) in [7, 11) is -4.65. The molecule has 0 fully saturated rings. The lowest BCUT2D eigenvalue weighted by Crippen LogP contribution is -2.29. The predicted molar refractivity (Wildman–Crippen MR) is 242 cm³/mol. The van der Waals surface area contributed by atoms with Crippen molar-refractivity contribution in [2.45, 2.75) is 167 Å². The van der Waals surface area contributed by atoms with Crippen LogP contribution in [-0.2, 0) is 32.7 Å². The molecule has 59 heavy (non-hydrogen) atoms. The Morgan fingerprint density at radius 1 is 0.525 bits per heavy atom. The average molecular weight is 847 g/mol. The van der Waals surface area contributed by atoms with E-state index in [9.17, 15) is 24.2 Å². The summed E-state index contributed by atoms with van der Waals surface area (Å²) < 4.78 is 32.6. The molecule has 0 bridgehead atoms. The van der Waals surface area contributed by atoms with Crippen molar-refractivity contribution >= 4 is 19.8 Å². The molecule has 0 aromatic rings. The molecule has 0 spiro atoms. The standard InChI is InChI=1S/C48H79O10P/c1-3-5-7-9-11-13-15-17-19-21-22-24-26-28-30-32-34-36-38-40-48(52)58-46(44-57-59(53,54)56-42-45(50)41-49)43-55-47(51)39-37-35-33-31-29-27-25-23-20-18-16-14-12-10-8-6-4-2/h5,7,11,13,17-20,22,24-25,27-28,30-31,33,45-46,49-50H,3-4,6,8-10,12,14-16,21,23,26,29,32,34-44H2,1-2H3,(H,53,54)/b7-5+,13-11+,19-17+,20-18+,24-22+,27-25+,30-28+,33-31+/t45-,46+/m0/s1. The molecular weight excluding hydrogens is 767 g/mol. The average Bonchev–Trinajstić information content (AvgIpc) is 3.22. The predicted octanol–water partition coefficient (Wildman–Crippen LogP) is 12.0. The Morgan fingerprint density at radius 3 is 1.46 bits per heavy atom. The SMILES string of the molecule is CC/C=C/C/C=C/C/C=C/C/C=C/C/C=C/CCCCCC(=O)O[C@H](COC(=O)CCC/C=C/C/C=C/C/C=C/CCCCCCCC)COP(=O)(O)OC[C@@H](O)CO.